The Morgan fingerprint density at radius 1 is 0.821 bits per heavy atom. The second-order valence-corrected chi connectivity index (χ2v) is 6.11. The first-order valence-electron chi connectivity index (χ1n) is 8.31. The van der Waals surface area contributed by atoms with E-state index in [2.05, 4.69) is 0 Å². The Morgan fingerprint density at radius 2 is 1.36 bits per heavy atom. The molecular formula is C18H14N6O4. The molecule has 0 bridgehead atoms. The molecule has 0 N–H and O–H groups in total. The number of nitriles is 2. The van der Waals surface area contributed by atoms with Gasteiger partial charge in [0.15, 0.2) is 0 Å². The number of benzene rings is 2. The topological polar surface area (TPSA) is 140 Å². The Labute approximate surface area is 159 Å². The molecule has 0 aliphatic carbocycles. The summed E-state index contributed by atoms with van der Waals surface area (Å²) in [4.78, 5) is 25.0. The Morgan fingerprint density at radius 3 is 1.86 bits per heavy atom. The highest BCUT2D eigenvalue weighted by atomic mass is 16.6. The van der Waals surface area contributed by atoms with Gasteiger partial charge in [0.2, 0.25) is 0 Å². The fraction of sp³-hybridized carbons (Fsp3) is 0.222. The summed E-state index contributed by atoms with van der Waals surface area (Å²) in [6.07, 6.45) is 0. The SMILES string of the molecule is N#Cc1cc(N2CCN(c3ccc([N+](=O)[O-])cc3)CC2)c([N+](=O)[O-])cc1C#N. The molecule has 3 rings (SSSR count). The van der Waals surface area contributed by atoms with Crippen molar-refractivity contribution < 1.29 is 9.85 Å². The Balaban J connectivity index is 1.81. The van der Waals surface area contributed by atoms with E-state index in [0.29, 0.717) is 31.9 Å². The largest absolute Gasteiger partial charge is 0.368 e. The minimum absolute atomic E-state index is 0.0135. The molecule has 1 aliphatic heterocycles. The molecule has 28 heavy (non-hydrogen) atoms. The summed E-state index contributed by atoms with van der Waals surface area (Å²) in [5, 5.41) is 40.5. The van der Waals surface area contributed by atoms with Gasteiger partial charge in [-0.1, -0.05) is 0 Å². The second-order valence-electron chi connectivity index (χ2n) is 6.11. The minimum atomic E-state index is -0.556. The maximum absolute atomic E-state index is 11.4. The van der Waals surface area contributed by atoms with Gasteiger partial charge in [0.25, 0.3) is 11.4 Å². The van der Waals surface area contributed by atoms with Crippen LogP contribution in [0.2, 0.25) is 0 Å². The van der Waals surface area contributed by atoms with Crippen molar-refractivity contribution in [2.75, 3.05) is 36.0 Å². The summed E-state index contributed by atoms with van der Waals surface area (Å²) in [7, 11) is 0. The first-order chi connectivity index (χ1) is 13.4. The van der Waals surface area contributed by atoms with E-state index in [0.717, 1.165) is 11.8 Å². The summed E-state index contributed by atoms with van der Waals surface area (Å²) < 4.78 is 0. The summed E-state index contributed by atoms with van der Waals surface area (Å²) in [6.45, 7) is 2.04. The molecule has 0 radical (unpaired) electrons. The van der Waals surface area contributed by atoms with Crippen LogP contribution in [-0.4, -0.2) is 36.0 Å². The van der Waals surface area contributed by atoms with E-state index < -0.39 is 9.85 Å². The van der Waals surface area contributed by atoms with Gasteiger partial charge in [0.05, 0.1) is 21.0 Å². The van der Waals surface area contributed by atoms with Gasteiger partial charge in [-0.3, -0.25) is 20.2 Å². The third-order valence-electron chi connectivity index (χ3n) is 4.60. The lowest BCUT2D eigenvalue weighted by Gasteiger charge is -2.37. The third-order valence-corrected chi connectivity index (χ3v) is 4.60. The lowest BCUT2D eigenvalue weighted by atomic mass is 10.1. The van der Waals surface area contributed by atoms with Crippen molar-refractivity contribution in [2.45, 2.75) is 0 Å². The van der Waals surface area contributed by atoms with Gasteiger partial charge in [-0.2, -0.15) is 10.5 Å². The number of piperazine rings is 1. The lowest BCUT2D eigenvalue weighted by molar-refractivity contribution is -0.384. The molecule has 1 heterocycles. The predicted octanol–water partition coefficient (Wildman–Crippen LogP) is 2.57. The molecule has 2 aromatic rings. The Hall–Kier alpha value is -4.18. The molecule has 0 atom stereocenters. The van der Waals surface area contributed by atoms with Crippen molar-refractivity contribution in [2.24, 2.45) is 0 Å². The highest BCUT2D eigenvalue weighted by Crippen LogP contribution is 2.32. The van der Waals surface area contributed by atoms with Crippen LogP contribution in [0.3, 0.4) is 0 Å². The van der Waals surface area contributed by atoms with Gasteiger partial charge < -0.3 is 9.80 Å². The van der Waals surface area contributed by atoms with Crippen molar-refractivity contribution in [1.82, 2.24) is 0 Å². The number of hydrogen-bond donors (Lipinski definition) is 0. The predicted molar refractivity (Wildman–Crippen MR) is 100 cm³/mol. The molecule has 1 fully saturated rings. The molecule has 1 saturated heterocycles. The van der Waals surface area contributed by atoms with Gasteiger partial charge in [0.1, 0.15) is 17.8 Å². The van der Waals surface area contributed by atoms with Crippen molar-refractivity contribution in [3.05, 3.63) is 67.8 Å². The van der Waals surface area contributed by atoms with Crippen LogP contribution in [0.4, 0.5) is 22.7 Å². The zero-order valence-corrected chi connectivity index (χ0v) is 14.6. The Kier molecular flexibility index (Phi) is 5.05. The van der Waals surface area contributed by atoms with E-state index in [1.54, 1.807) is 12.1 Å². The first kappa shape index (κ1) is 18.6. The average Bonchev–Trinajstić information content (AvgIpc) is 2.72. The summed E-state index contributed by atoms with van der Waals surface area (Å²) in [5.41, 5.74) is 1.02. The van der Waals surface area contributed by atoms with E-state index in [9.17, 15) is 25.5 Å². The molecule has 10 nitrogen and oxygen atoms in total. The van der Waals surface area contributed by atoms with Gasteiger partial charge in [0, 0.05) is 50.1 Å². The van der Waals surface area contributed by atoms with Gasteiger partial charge >= 0.3 is 0 Å². The first-order valence-corrected chi connectivity index (χ1v) is 8.31. The van der Waals surface area contributed by atoms with Gasteiger partial charge in [-0.25, -0.2) is 0 Å². The van der Waals surface area contributed by atoms with E-state index in [4.69, 9.17) is 5.26 Å². The standard InChI is InChI=1S/C18H14N6O4/c19-11-13-9-17(18(24(27)28)10-14(13)12-20)22-7-5-21(6-8-22)15-1-3-16(4-2-15)23(25)26/h1-4,9-10H,5-8H2. The second kappa shape index (κ2) is 7.60. The fourth-order valence-corrected chi connectivity index (χ4v) is 3.15. The van der Waals surface area contributed by atoms with Crippen molar-refractivity contribution in [3.8, 4) is 12.1 Å². The molecule has 1 aliphatic rings. The van der Waals surface area contributed by atoms with Crippen LogP contribution in [0.25, 0.3) is 0 Å². The fourth-order valence-electron chi connectivity index (χ4n) is 3.15. The van der Waals surface area contributed by atoms with Crippen molar-refractivity contribution >= 4 is 22.7 Å². The number of nitro groups is 2. The number of nitrogens with zero attached hydrogens (tertiary/aromatic N) is 6. The molecule has 10 heteroatoms. The van der Waals surface area contributed by atoms with E-state index in [1.807, 2.05) is 21.9 Å². The quantitative estimate of drug-likeness (QED) is 0.584. The van der Waals surface area contributed by atoms with Gasteiger partial charge in [-0.15, -0.1) is 0 Å². The van der Waals surface area contributed by atoms with Crippen LogP contribution >= 0.6 is 0 Å². The lowest BCUT2D eigenvalue weighted by Crippen LogP contribution is -2.46. The molecule has 140 valence electrons. The molecule has 0 saturated carbocycles. The molecule has 0 amide bonds. The summed E-state index contributed by atoms with van der Waals surface area (Å²) in [5.74, 6) is 0. The van der Waals surface area contributed by atoms with Crippen LogP contribution in [0, 0.1) is 42.9 Å². The molecule has 0 aromatic heterocycles. The van der Waals surface area contributed by atoms with Crippen LogP contribution in [0.15, 0.2) is 36.4 Å². The van der Waals surface area contributed by atoms with Gasteiger partial charge in [-0.05, 0) is 18.2 Å². The molecule has 0 unspecified atom stereocenters. The molecule has 0 spiro atoms. The number of hydrogen-bond acceptors (Lipinski definition) is 8. The average molecular weight is 378 g/mol. The van der Waals surface area contributed by atoms with Crippen LogP contribution in [0.5, 0.6) is 0 Å². The number of anilines is 2. The smallest absolute Gasteiger partial charge is 0.293 e. The van der Waals surface area contributed by atoms with Crippen LogP contribution in [-0.2, 0) is 0 Å². The van der Waals surface area contributed by atoms with E-state index in [-0.39, 0.29) is 22.5 Å². The van der Waals surface area contributed by atoms with Crippen molar-refractivity contribution in [1.29, 1.82) is 10.5 Å². The maximum atomic E-state index is 11.4. The van der Waals surface area contributed by atoms with Crippen molar-refractivity contribution in [3.63, 3.8) is 0 Å². The van der Waals surface area contributed by atoms with E-state index >= 15 is 0 Å². The summed E-state index contributed by atoms with van der Waals surface area (Å²) in [6, 6.07) is 12.5. The maximum Gasteiger partial charge on any atom is 0.293 e. The zero-order chi connectivity index (χ0) is 20.3. The minimum Gasteiger partial charge on any atom is -0.368 e. The number of nitro benzene ring substituents is 2. The third kappa shape index (κ3) is 3.52. The highest BCUT2D eigenvalue weighted by molar-refractivity contribution is 5.70. The zero-order valence-electron chi connectivity index (χ0n) is 14.6. The Bertz CT molecular complexity index is 1010. The highest BCUT2D eigenvalue weighted by Gasteiger charge is 2.26. The van der Waals surface area contributed by atoms with E-state index in [1.165, 1.54) is 18.2 Å². The normalized spacial score (nSPS) is 13.5. The monoisotopic (exact) mass is 378 g/mol. The number of rotatable bonds is 4. The molecule has 2 aromatic carbocycles. The van der Waals surface area contributed by atoms with Crippen LogP contribution < -0.4 is 9.80 Å². The summed E-state index contributed by atoms with van der Waals surface area (Å²) >= 11 is 0. The number of non-ortho nitro benzene ring substituents is 1. The molecular weight excluding hydrogens is 364 g/mol. The van der Waals surface area contributed by atoms with Crippen LogP contribution in [0.1, 0.15) is 11.1 Å².